The summed E-state index contributed by atoms with van der Waals surface area (Å²) in [6.07, 6.45) is 0.332. The molecule has 108 valence electrons. The van der Waals surface area contributed by atoms with Crippen LogP contribution in [0.15, 0.2) is 11.1 Å². The van der Waals surface area contributed by atoms with E-state index >= 15 is 0 Å². The number of ether oxygens (including phenoxy) is 1. The van der Waals surface area contributed by atoms with Crippen molar-refractivity contribution < 1.29 is 21.6 Å². The maximum Gasteiger partial charge on any atom is 0.255 e. The molecule has 0 radical (unpaired) electrons. The summed E-state index contributed by atoms with van der Waals surface area (Å²) in [4.78, 5) is 0. The molecule has 19 heavy (non-hydrogen) atoms. The number of aromatic nitrogens is 2. The quantitative estimate of drug-likeness (QED) is 0.764. The molecule has 1 saturated heterocycles. The highest BCUT2D eigenvalue weighted by atomic mass is 32.2. The minimum absolute atomic E-state index is 0.0290. The zero-order valence-electron chi connectivity index (χ0n) is 10.3. The van der Waals surface area contributed by atoms with E-state index in [2.05, 4.69) is 5.10 Å². The van der Waals surface area contributed by atoms with Gasteiger partial charge in [-0.1, -0.05) is 0 Å². The summed E-state index contributed by atoms with van der Waals surface area (Å²) in [6.45, 7) is 0.134. The van der Waals surface area contributed by atoms with E-state index in [-0.39, 0.29) is 23.1 Å². The number of sulfone groups is 1. The van der Waals surface area contributed by atoms with Crippen LogP contribution in [-0.2, 0) is 31.2 Å². The summed E-state index contributed by atoms with van der Waals surface area (Å²) in [5.74, 6) is -0.0924. The van der Waals surface area contributed by atoms with Crippen molar-refractivity contribution in [2.24, 2.45) is 5.14 Å². The normalized spacial score (nSPS) is 22.7. The number of hydrogen-bond acceptors (Lipinski definition) is 6. The van der Waals surface area contributed by atoms with E-state index in [9.17, 15) is 16.8 Å². The number of nitrogens with two attached hydrogens (primary N) is 1. The van der Waals surface area contributed by atoms with Crippen LogP contribution in [0.4, 0.5) is 0 Å². The lowest BCUT2D eigenvalue weighted by Crippen LogP contribution is -2.22. The third-order valence-electron chi connectivity index (χ3n) is 2.89. The highest BCUT2D eigenvalue weighted by Crippen LogP contribution is 2.26. The largest absolute Gasteiger partial charge is 0.378 e. The Kier molecular flexibility index (Phi) is 3.69. The fourth-order valence-corrected chi connectivity index (χ4v) is 4.53. The lowest BCUT2D eigenvalue weighted by atomic mass is 10.3. The Morgan fingerprint density at radius 2 is 2.26 bits per heavy atom. The molecule has 1 aliphatic heterocycles. The van der Waals surface area contributed by atoms with Crippen molar-refractivity contribution in [3.63, 3.8) is 0 Å². The average molecular weight is 309 g/mol. The number of primary sulfonamides is 1. The van der Waals surface area contributed by atoms with E-state index in [0.717, 1.165) is 0 Å². The summed E-state index contributed by atoms with van der Waals surface area (Å²) >= 11 is 0. The van der Waals surface area contributed by atoms with Gasteiger partial charge in [-0.25, -0.2) is 26.7 Å². The molecule has 1 unspecified atom stereocenters. The summed E-state index contributed by atoms with van der Waals surface area (Å²) in [7, 11) is -5.64. The van der Waals surface area contributed by atoms with Crippen LogP contribution < -0.4 is 5.14 Å². The first-order valence-corrected chi connectivity index (χ1v) is 8.90. The van der Waals surface area contributed by atoms with Crippen LogP contribution in [0.25, 0.3) is 0 Å². The smallest absolute Gasteiger partial charge is 0.255 e. The Morgan fingerprint density at radius 3 is 2.74 bits per heavy atom. The zero-order valence-corrected chi connectivity index (χ0v) is 11.9. The first kappa shape index (κ1) is 14.4. The van der Waals surface area contributed by atoms with E-state index < -0.39 is 25.9 Å². The summed E-state index contributed by atoms with van der Waals surface area (Å²) in [5, 5.41) is 9.03. The molecule has 1 aromatic heterocycles. The van der Waals surface area contributed by atoms with Gasteiger partial charge < -0.3 is 4.74 Å². The molecule has 8 nitrogen and oxygen atoms in total. The molecule has 0 aromatic carbocycles. The van der Waals surface area contributed by atoms with Crippen molar-refractivity contribution in [2.45, 2.75) is 24.1 Å². The SMILES string of the molecule is COCc1cc(S(N)(=O)=O)n(C2CCS(=O)(=O)C2)n1. The number of nitrogens with zero attached hydrogens (tertiary/aromatic N) is 2. The molecule has 2 heterocycles. The Balaban J connectivity index is 2.44. The minimum atomic E-state index is -3.96. The van der Waals surface area contributed by atoms with Crippen molar-refractivity contribution in [3.8, 4) is 0 Å². The molecule has 0 bridgehead atoms. The van der Waals surface area contributed by atoms with Crippen LogP contribution in [-0.4, -0.2) is 45.2 Å². The van der Waals surface area contributed by atoms with E-state index in [1.165, 1.54) is 17.9 Å². The van der Waals surface area contributed by atoms with E-state index in [4.69, 9.17) is 9.88 Å². The lowest BCUT2D eigenvalue weighted by molar-refractivity contribution is 0.180. The fraction of sp³-hybridized carbons (Fsp3) is 0.667. The van der Waals surface area contributed by atoms with Crippen LogP contribution in [0, 0.1) is 0 Å². The molecule has 1 aromatic rings. The molecule has 1 aliphatic rings. The topological polar surface area (TPSA) is 121 Å². The summed E-state index contributed by atoms with van der Waals surface area (Å²) in [5.41, 5.74) is 0.399. The van der Waals surface area contributed by atoms with Crippen molar-refractivity contribution in [2.75, 3.05) is 18.6 Å². The van der Waals surface area contributed by atoms with Crippen molar-refractivity contribution >= 4 is 19.9 Å². The zero-order chi connectivity index (χ0) is 14.3. The highest BCUT2D eigenvalue weighted by molar-refractivity contribution is 7.91. The van der Waals surface area contributed by atoms with Crippen LogP contribution in [0.3, 0.4) is 0 Å². The molecule has 1 atom stereocenters. The second-order valence-electron chi connectivity index (χ2n) is 4.45. The van der Waals surface area contributed by atoms with Crippen LogP contribution in [0.1, 0.15) is 18.2 Å². The Morgan fingerprint density at radius 1 is 1.58 bits per heavy atom. The Bertz CT molecular complexity index is 677. The average Bonchev–Trinajstić information content (AvgIpc) is 2.81. The van der Waals surface area contributed by atoms with Gasteiger partial charge in [-0.3, -0.25) is 0 Å². The second-order valence-corrected chi connectivity index (χ2v) is 8.19. The van der Waals surface area contributed by atoms with Gasteiger partial charge in [-0.15, -0.1) is 0 Å². The third kappa shape index (κ3) is 3.14. The molecular formula is C9H15N3O5S2. The molecule has 0 amide bonds. The van der Waals surface area contributed by atoms with Crippen molar-refractivity contribution in [3.05, 3.63) is 11.8 Å². The fourth-order valence-electron chi connectivity index (χ4n) is 2.09. The molecule has 1 fully saturated rings. The second kappa shape index (κ2) is 4.85. The van der Waals surface area contributed by atoms with Gasteiger partial charge in [0, 0.05) is 13.2 Å². The van der Waals surface area contributed by atoms with Gasteiger partial charge in [-0.05, 0) is 6.42 Å². The van der Waals surface area contributed by atoms with Gasteiger partial charge in [0.25, 0.3) is 10.0 Å². The number of methoxy groups -OCH3 is 1. The minimum Gasteiger partial charge on any atom is -0.378 e. The Hall–Kier alpha value is -0.970. The van der Waals surface area contributed by atoms with Crippen LogP contribution >= 0.6 is 0 Å². The number of rotatable bonds is 4. The van der Waals surface area contributed by atoms with E-state index in [1.807, 2.05) is 0 Å². The summed E-state index contributed by atoms with van der Waals surface area (Å²) < 4.78 is 52.0. The third-order valence-corrected chi connectivity index (χ3v) is 5.53. The molecular weight excluding hydrogens is 294 g/mol. The van der Waals surface area contributed by atoms with Crippen LogP contribution in [0.2, 0.25) is 0 Å². The van der Waals surface area contributed by atoms with Crippen molar-refractivity contribution in [1.82, 2.24) is 9.78 Å². The molecule has 0 spiro atoms. The van der Waals surface area contributed by atoms with Crippen LogP contribution in [0.5, 0.6) is 0 Å². The molecule has 2 N–H and O–H groups in total. The van der Waals surface area contributed by atoms with Gasteiger partial charge in [0.2, 0.25) is 0 Å². The molecule has 10 heteroatoms. The molecule has 0 saturated carbocycles. The van der Waals surface area contributed by atoms with Gasteiger partial charge in [0.15, 0.2) is 14.9 Å². The predicted molar refractivity (Wildman–Crippen MR) is 66.6 cm³/mol. The standard InChI is InChI=1S/C9H15N3O5S2/c1-17-5-7-4-9(19(10,15)16)12(11-7)8-2-3-18(13,14)6-8/h4,8H,2-3,5-6H2,1H3,(H2,10,15,16). The van der Waals surface area contributed by atoms with E-state index in [0.29, 0.717) is 12.1 Å². The lowest BCUT2D eigenvalue weighted by Gasteiger charge is -2.11. The maximum atomic E-state index is 11.5. The van der Waals surface area contributed by atoms with E-state index in [1.54, 1.807) is 0 Å². The van der Waals surface area contributed by atoms with Crippen molar-refractivity contribution in [1.29, 1.82) is 0 Å². The highest BCUT2D eigenvalue weighted by Gasteiger charge is 2.33. The van der Waals surface area contributed by atoms with Gasteiger partial charge in [0.05, 0.1) is 29.8 Å². The Labute approximate surface area is 111 Å². The first-order chi connectivity index (χ1) is 8.73. The first-order valence-electron chi connectivity index (χ1n) is 5.53. The molecule has 2 rings (SSSR count). The summed E-state index contributed by atoms with van der Waals surface area (Å²) in [6, 6.07) is 0.813. The van der Waals surface area contributed by atoms with Gasteiger partial charge in [-0.2, -0.15) is 5.10 Å². The van der Waals surface area contributed by atoms with Gasteiger partial charge >= 0.3 is 0 Å². The predicted octanol–water partition coefficient (Wildman–Crippen LogP) is -0.963. The monoisotopic (exact) mass is 309 g/mol. The number of sulfonamides is 1. The molecule has 0 aliphatic carbocycles. The van der Waals surface area contributed by atoms with Gasteiger partial charge in [0.1, 0.15) is 0 Å². The maximum absolute atomic E-state index is 11.5. The number of hydrogen-bond donors (Lipinski definition) is 1.